The number of aromatic nitrogens is 1. The van der Waals surface area contributed by atoms with E-state index in [4.69, 9.17) is 19.9 Å². The molecule has 0 bridgehead atoms. The summed E-state index contributed by atoms with van der Waals surface area (Å²) < 4.78 is 17.1. The van der Waals surface area contributed by atoms with Crippen LogP contribution in [0.15, 0.2) is 36.4 Å². The third kappa shape index (κ3) is 6.10. The molecule has 1 aliphatic rings. The average molecular weight is 510 g/mol. The van der Waals surface area contributed by atoms with E-state index in [-0.39, 0.29) is 12.0 Å². The number of ether oxygens (including phenoxy) is 3. The van der Waals surface area contributed by atoms with Crippen LogP contribution in [-0.2, 0) is 6.42 Å². The molecule has 1 aliphatic carbocycles. The molecule has 0 spiro atoms. The molecule has 1 heterocycles. The minimum Gasteiger partial charge on any atom is -0.493 e. The van der Waals surface area contributed by atoms with Gasteiger partial charge in [-0.2, -0.15) is 0 Å². The predicted molar refractivity (Wildman–Crippen MR) is 144 cm³/mol. The Morgan fingerprint density at radius 2 is 1.86 bits per heavy atom. The van der Waals surface area contributed by atoms with Crippen LogP contribution < -0.4 is 19.9 Å². The van der Waals surface area contributed by atoms with Gasteiger partial charge in [-0.25, -0.2) is 4.98 Å². The van der Waals surface area contributed by atoms with E-state index in [0.29, 0.717) is 53.5 Å². The van der Waals surface area contributed by atoms with Gasteiger partial charge < -0.3 is 24.8 Å². The molecule has 0 radical (unpaired) electrons. The zero-order valence-corrected chi connectivity index (χ0v) is 22.5. The third-order valence-corrected chi connectivity index (χ3v) is 7.07. The van der Waals surface area contributed by atoms with Crippen LogP contribution in [0.3, 0.4) is 0 Å². The number of anilines is 1. The normalized spacial score (nSPS) is 13.1. The highest BCUT2D eigenvalue weighted by atomic mass is 32.1. The zero-order valence-electron chi connectivity index (χ0n) is 21.7. The Morgan fingerprint density at radius 1 is 1.17 bits per heavy atom. The van der Waals surface area contributed by atoms with E-state index in [1.165, 1.54) is 11.3 Å². The van der Waals surface area contributed by atoms with Crippen LogP contribution in [0.5, 0.6) is 17.2 Å². The summed E-state index contributed by atoms with van der Waals surface area (Å²) in [6, 6.07) is 12.0. The standard InChI is InChI=1S/C28H35N3O4S/c1-17(2)35-25-22(33-4)14-20(15-23(25)34-5)11-12-31(16-19-9-10-19)27(32)24-26(36-28(29)30-24)21-8-6-7-18(3)13-21/h6-8,13-15,17,19H,9-12,16H2,1-5H3,(H2,29,30). The lowest BCUT2D eigenvalue weighted by Crippen LogP contribution is -2.35. The van der Waals surface area contributed by atoms with Crippen LogP contribution >= 0.6 is 11.3 Å². The van der Waals surface area contributed by atoms with Crippen molar-refractivity contribution in [1.29, 1.82) is 0 Å². The smallest absolute Gasteiger partial charge is 0.274 e. The van der Waals surface area contributed by atoms with Gasteiger partial charge in [0.2, 0.25) is 5.75 Å². The second kappa shape index (κ2) is 11.2. The number of carbonyl (C=O) groups is 1. The van der Waals surface area contributed by atoms with Gasteiger partial charge in [0, 0.05) is 13.1 Å². The summed E-state index contributed by atoms with van der Waals surface area (Å²) in [5.74, 6) is 2.29. The van der Waals surface area contributed by atoms with E-state index in [9.17, 15) is 4.79 Å². The van der Waals surface area contributed by atoms with Crippen LogP contribution in [0, 0.1) is 12.8 Å². The van der Waals surface area contributed by atoms with Crippen LogP contribution in [0.2, 0.25) is 0 Å². The molecule has 0 unspecified atom stereocenters. The minimum atomic E-state index is -0.0787. The number of nitrogens with zero attached hydrogens (tertiary/aromatic N) is 2. The van der Waals surface area contributed by atoms with Crippen molar-refractivity contribution in [2.24, 2.45) is 5.92 Å². The fourth-order valence-electron chi connectivity index (χ4n) is 4.20. The number of hydrogen-bond donors (Lipinski definition) is 1. The average Bonchev–Trinajstić information content (AvgIpc) is 3.59. The van der Waals surface area contributed by atoms with E-state index >= 15 is 0 Å². The minimum absolute atomic E-state index is 0.0153. The maximum Gasteiger partial charge on any atom is 0.274 e. The maximum absolute atomic E-state index is 13.8. The van der Waals surface area contributed by atoms with Gasteiger partial charge in [-0.15, -0.1) is 0 Å². The monoisotopic (exact) mass is 509 g/mol. The van der Waals surface area contributed by atoms with Crippen molar-refractivity contribution in [1.82, 2.24) is 9.88 Å². The second-order valence-corrected chi connectivity index (χ2v) is 10.6. The summed E-state index contributed by atoms with van der Waals surface area (Å²) in [5.41, 5.74) is 9.61. The fourth-order valence-corrected chi connectivity index (χ4v) is 5.02. The lowest BCUT2D eigenvalue weighted by atomic mass is 10.1. The molecule has 36 heavy (non-hydrogen) atoms. The molecular weight excluding hydrogens is 474 g/mol. The first-order valence-corrected chi connectivity index (χ1v) is 13.1. The van der Waals surface area contributed by atoms with Gasteiger partial charge >= 0.3 is 0 Å². The van der Waals surface area contributed by atoms with Crippen molar-refractivity contribution in [2.75, 3.05) is 33.0 Å². The molecule has 8 heteroatoms. The van der Waals surface area contributed by atoms with Crippen molar-refractivity contribution in [3.63, 3.8) is 0 Å². The number of thiazole rings is 1. The van der Waals surface area contributed by atoms with Gasteiger partial charge in [0.1, 0.15) is 5.69 Å². The second-order valence-electron chi connectivity index (χ2n) is 9.54. The molecule has 2 N–H and O–H groups in total. The molecule has 4 rings (SSSR count). The molecular formula is C28H35N3O4S. The first kappa shape index (κ1) is 25.8. The topological polar surface area (TPSA) is 86.9 Å². The zero-order chi connectivity index (χ0) is 25.8. The summed E-state index contributed by atoms with van der Waals surface area (Å²) in [6.45, 7) is 7.23. The molecule has 3 aromatic rings. The highest BCUT2D eigenvalue weighted by Crippen LogP contribution is 2.40. The lowest BCUT2D eigenvalue weighted by molar-refractivity contribution is 0.0745. The highest BCUT2D eigenvalue weighted by molar-refractivity contribution is 7.19. The number of benzene rings is 2. The van der Waals surface area contributed by atoms with E-state index in [0.717, 1.165) is 34.4 Å². The van der Waals surface area contributed by atoms with Crippen LogP contribution in [-0.4, -0.2) is 49.2 Å². The van der Waals surface area contributed by atoms with E-state index < -0.39 is 0 Å². The number of aryl methyl sites for hydroxylation is 1. The number of rotatable bonds is 11. The first-order chi connectivity index (χ1) is 17.3. The summed E-state index contributed by atoms with van der Waals surface area (Å²) in [5, 5.41) is 0.399. The summed E-state index contributed by atoms with van der Waals surface area (Å²) >= 11 is 1.36. The number of nitrogen functional groups attached to an aromatic ring is 1. The van der Waals surface area contributed by atoms with Crippen molar-refractivity contribution in [3.8, 4) is 27.7 Å². The van der Waals surface area contributed by atoms with Crippen LogP contribution in [0.1, 0.15) is 48.3 Å². The third-order valence-electron chi connectivity index (χ3n) is 6.13. The summed E-state index contributed by atoms with van der Waals surface area (Å²) in [6.07, 6.45) is 2.93. The summed E-state index contributed by atoms with van der Waals surface area (Å²) in [4.78, 5) is 21.0. The van der Waals surface area contributed by atoms with Crippen molar-refractivity contribution >= 4 is 22.4 Å². The Kier molecular flexibility index (Phi) is 8.04. The quantitative estimate of drug-likeness (QED) is 0.362. The predicted octanol–water partition coefficient (Wildman–Crippen LogP) is 5.60. The largest absolute Gasteiger partial charge is 0.493 e. The van der Waals surface area contributed by atoms with Crippen molar-refractivity contribution < 1.29 is 19.0 Å². The Morgan fingerprint density at radius 3 is 2.44 bits per heavy atom. The molecule has 2 aromatic carbocycles. The molecule has 1 amide bonds. The molecule has 7 nitrogen and oxygen atoms in total. The maximum atomic E-state index is 13.8. The number of nitrogens with two attached hydrogens (primary N) is 1. The highest BCUT2D eigenvalue weighted by Gasteiger charge is 2.30. The Hall–Kier alpha value is -3.26. The van der Waals surface area contributed by atoms with Gasteiger partial charge in [0.15, 0.2) is 16.6 Å². The molecule has 0 atom stereocenters. The summed E-state index contributed by atoms with van der Waals surface area (Å²) in [7, 11) is 3.24. The lowest BCUT2D eigenvalue weighted by Gasteiger charge is -2.23. The molecule has 1 saturated carbocycles. The van der Waals surface area contributed by atoms with Crippen molar-refractivity contribution in [3.05, 3.63) is 53.2 Å². The fraction of sp³-hybridized carbons (Fsp3) is 0.429. The van der Waals surface area contributed by atoms with Crippen LogP contribution in [0.4, 0.5) is 5.13 Å². The number of amides is 1. The van der Waals surface area contributed by atoms with Gasteiger partial charge in [-0.3, -0.25) is 4.79 Å². The SMILES string of the molecule is COc1cc(CCN(CC2CC2)C(=O)c2nc(N)sc2-c2cccc(C)c2)cc(OC)c1OC(C)C. The molecule has 0 aliphatic heterocycles. The van der Waals surface area contributed by atoms with Crippen molar-refractivity contribution in [2.45, 2.75) is 46.1 Å². The van der Waals surface area contributed by atoms with Gasteiger partial charge in [0.25, 0.3) is 5.91 Å². The van der Waals surface area contributed by atoms with E-state index in [1.54, 1.807) is 14.2 Å². The molecule has 192 valence electrons. The van der Waals surface area contributed by atoms with Gasteiger partial charge in [-0.1, -0.05) is 41.2 Å². The van der Waals surface area contributed by atoms with Gasteiger partial charge in [0.05, 0.1) is 25.2 Å². The number of carbonyl (C=O) groups excluding carboxylic acids is 1. The molecule has 0 saturated heterocycles. The Bertz CT molecular complexity index is 1190. The van der Waals surface area contributed by atoms with E-state index in [1.807, 2.05) is 56.0 Å². The molecule has 1 fully saturated rings. The number of methoxy groups -OCH3 is 2. The Labute approximate surface area is 217 Å². The number of hydrogen-bond acceptors (Lipinski definition) is 7. The molecule has 1 aromatic heterocycles. The van der Waals surface area contributed by atoms with Crippen LogP contribution in [0.25, 0.3) is 10.4 Å². The van der Waals surface area contributed by atoms with Gasteiger partial charge in [-0.05, 0) is 69.2 Å². The van der Waals surface area contributed by atoms with E-state index in [2.05, 4.69) is 11.1 Å². The first-order valence-electron chi connectivity index (χ1n) is 12.3. The Balaban J connectivity index is 1.59.